The summed E-state index contributed by atoms with van der Waals surface area (Å²) in [7, 11) is 0. The molecule has 1 unspecified atom stereocenters. The first-order valence-electron chi connectivity index (χ1n) is 5.96. The van der Waals surface area contributed by atoms with Gasteiger partial charge in [0, 0.05) is 22.4 Å². The zero-order valence-corrected chi connectivity index (χ0v) is 13.3. The molecule has 0 spiro atoms. The smallest absolute Gasteiger partial charge is 0.326 e. The number of hydrogen-bond donors (Lipinski definition) is 3. The Morgan fingerprint density at radius 1 is 1.45 bits per heavy atom. The molecule has 0 aliphatic heterocycles. The van der Waals surface area contributed by atoms with Crippen LogP contribution in [-0.4, -0.2) is 40.5 Å². The molecule has 0 bridgehead atoms. The second-order valence-corrected chi connectivity index (χ2v) is 6.10. The van der Waals surface area contributed by atoms with Gasteiger partial charge in [-0.15, -0.1) is 11.8 Å². The molecule has 0 radical (unpaired) electrons. The fourth-order valence-electron chi connectivity index (χ4n) is 1.54. The molecule has 3 N–H and O–H groups in total. The molecule has 1 aromatic carbocycles. The molecule has 1 amide bonds. The van der Waals surface area contributed by atoms with Crippen molar-refractivity contribution in [2.45, 2.75) is 24.3 Å². The van der Waals surface area contributed by atoms with E-state index in [0.29, 0.717) is 0 Å². The van der Waals surface area contributed by atoms with Crippen LogP contribution in [0.3, 0.4) is 0 Å². The maximum absolute atomic E-state index is 11.7. The third-order valence-electron chi connectivity index (χ3n) is 2.55. The summed E-state index contributed by atoms with van der Waals surface area (Å²) in [6, 6.07) is 4.70. The van der Waals surface area contributed by atoms with E-state index in [4.69, 9.17) is 10.2 Å². The second kappa shape index (κ2) is 8.28. The Morgan fingerprint density at radius 2 is 2.15 bits per heavy atom. The van der Waals surface area contributed by atoms with Crippen molar-refractivity contribution < 1.29 is 19.8 Å². The summed E-state index contributed by atoms with van der Waals surface area (Å²) in [5.74, 6) is -1.37. The van der Waals surface area contributed by atoms with Crippen molar-refractivity contribution in [3.63, 3.8) is 0 Å². The fraction of sp³-hybridized carbons (Fsp3) is 0.385. The molecule has 0 heterocycles. The number of carbonyl (C=O) groups excluding carboxylic acids is 1. The number of aliphatic carboxylic acids is 1. The van der Waals surface area contributed by atoms with E-state index in [1.54, 1.807) is 0 Å². The first-order chi connectivity index (χ1) is 9.43. The third kappa shape index (κ3) is 5.52. The summed E-state index contributed by atoms with van der Waals surface area (Å²) in [6.07, 6.45) is 0.00303. The monoisotopic (exact) mass is 361 g/mol. The van der Waals surface area contributed by atoms with Gasteiger partial charge in [-0.3, -0.25) is 4.79 Å². The molecule has 1 atom stereocenters. The molecule has 5 nitrogen and oxygen atoms in total. The summed E-state index contributed by atoms with van der Waals surface area (Å²) in [6.45, 7) is 1.66. The van der Waals surface area contributed by atoms with Gasteiger partial charge in [0.05, 0.1) is 5.75 Å². The molecule has 0 saturated heterocycles. The normalized spacial score (nSPS) is 11.9. The Morgan fingerprint density at radius 3 is 2.70 bits per heavy atom. The third-order valence-corrected chi connectivity index (χ3v) is 4.22. The Kier molecular flexibility index (Phi) is 7.04. The van der Waals surface area contributed by atoms with Crippen molar-refractivity contribution in [1.29, 1.82) is 0 Å². The van der Waals surface area contributed by atoms with Gasteiger partial charge in [0.2, 0.25) is 5.91 Å². The van der Waals surface area contributed by atoms with E-state index < -0.39 is 12.0 Å². The minimum atomic E-state index is -1.14. The van der Waals surface area contributed by atoms with Crippen molar-refractivity contribution >= 4 is 39.6 Å². The lowest BCUT2D eigenvalue weighted by Gasteiger charge is -2.13. The van der Waals surface area contributed by atoms with Crippen molar-refractivity contribution in [3.05, 3.63) is 28.2 Å². The van der Waals surface area contributed by atoms with Gasteiger partial charge in [-0.05, 0) is 30.7 Å². The van der Waals surface area contributed by atoms with E-state index in [2.05, 4.69) is 21.2 Å². The predicted octanol–water partition coefficient (Wildman–Crippen LogP) is 1.80. The van der Waals surface area contributed by atoms with E-state index in [1.165, 1.54) is 11.8 Å². The lowest BCUT2D eigenvalue weighted by Crippen LogP contribution is -2.42. The van der Waals surface area contributed by atoms with Gasteiger partial charge in [-0.25, -0.2) is 4.79 Å². The van der Waals surface area contributed by atoms with Crippen molar-refractivity contribution in [3.8, 4) is 0 Å². The Balaban J connectivity index is 2.52. The number of aliphatic hydroxyl groups is 1. The minimum Gasteiger partial charge on any atom is -0.480 e. The number of thioether (sulfide) groups is 1. The summed E-state index contributed by atoms with van der Waals surface area (Å²) in [4.78, 5) is 23.5. The Hall–Kier alpha value is -1.05. The molecule has 0 aromatic heterocycles. The lowest BCUT2D eigenvalue weighted by atomic mass is 10.2. The second-order valence-electron chi connectivity index (χ2n) is 4.17. The van der Waals surface area contributed by atoms with Crippen molar-refractivity contribution in [2.75, 3.05) is 12.4 Å². The molecule has 20 heavy (non-hydrogen) atoms. The average molecular weight is 362 g/mol. The van der Waals surface area contributed by atoms with Crippen LogP contribution in [0.15, 0.2) is 27.6 Å². The summed E-state index contributed by atoms with van der Waals surface area (Å²) in [5.41, 5.74) is 1.04. The maximum atomic E-state index is 11.7. The van der Waals surface area contributed by atoms with Crippen LogP contribution in [0.5, 0.6) is 0 Å². The molecular weight excluding hydrogens is 346 g/mol. The van der Waals surface area contributed by atoms with Crippen LogP contribution >= 0.6 is 27.7 Å². The fourth-order valence-corrected chi connectivity index (χ4v) is 2.84. The maximum Gasteiger partial charge on any atom is 0.326 e. The first-order valence-corrected chi connectivity index (χ1v) is 7.74. The first kappa shape index (κ1) is 17.0. The van der Waals surface area contributed by atoms with Gasteiger partial charge < -0.3 is 15.5 Å². The van der Waals surface area contributed by atoms with Crippen LogP contribution in [-0.2, 0) is 9.59 Å². The average Bonchev–Trinajstić information content (AvgIpc) is 2.37. The Bertz CT molecular complexity index is 495. The van der Waals surface area contributed by atoms with E-state index in [0.717, 1.165) is 14.9 Å². The van der Waals surface area contributed by atoms with Crippen LogP contribution < -0.4 is 5.32 Å². The molecule has 0 fully saturated rings. The molecule has 110 valence electrons. The zero-order chi connectivity index (χ0) is 15.1. The molecule has 1 rings (SSSR count). The van der Waals surface area contributed by atoms with Crippen LogP contribution in [0.25, 0.3) is 0 Å². The van der Waals surface area contributed by atoms with E-state index in [1.807, 2.05) is 25.1 Å². The highest BCUT2D eigenvalue weighted by molar-refractivity contribution is 9.10. The van der Waals surface area contributed by atoms with E-state index in [-0.39, 0.29) is 24.7 Å². The Labute approximate surface area is 129 Å². The quantitative estimate of drug-likeness (QED) is 0.644. The molecule has 1 aromatic rings. The van der Waals surface area contributed by atoms with Gasteiger partial charge in [-0.2, -0.15) is 0 Å². The summed E-state index contributed by atoms with van der Waals surface area (Å²) >= 11 is 4.71. The van der Waals surface area contributed by atoms with Gasteiger partial charge in [0.15, 0.2) is 0 Å². The van der Waals surface area contributed by atoms with E-state index in [9.17, 15) is 9.59 Å². The number of hydrogen-bond acceptors (Lipinski definition) is 4. The van der Waals surface area contributed by atoms with Crippen LogP contribution in [0.2, 0.25) is 0 Å². The summed E-state index contributed by atoms with van der Waals surface area (Å²) in [5, 5.41) is 20.0. The molecular formula is C13H16BrNO4S. The number of nitrogens with one attached hydrogen (secondary N) is 1. The minimum absolute atomic E-state index is 0.00303. The number of carboxylic acid groups (broad SMARTS) is 1. The highest BCUT2D eigenvalue weighted by Gasteiger charge is 2.19. The zero-order valence-electron chi connectivity index (χ0n) is 10.9. The molecule has 0 aliphatic rings. The largest absolute Gasteiger partial charge is 0.480 e. The predicted molar refractivity (Wildman–Crippen MR) is 80.9 cm³/mol. The lowest BCUT2D eigenvalue weighted by molar-refractivity contribution is -0.141. The standard InChI is InChI=1S/C13H16BrNO4S/c1-8-6-9(14)2-3-11(8)20-7-12(17)15-10(4-5-16)13(18)19/h2-3,6,10,16H,4-5,7H2,1H3,(H,15,17)(H,18,19). The van der Waals surface area contributed by atoms with Gasteiger partial charge in [0.25, 0.3) is 0 Å². The number of halogens is 1. The van der Waals surface area contributed by atoms with Crippen molar-refractivity contribution in [2.24, 2.45) is 0 Å². The highest BCUT2D eigenvalue weighted by atomic mass is 79.9. The SMILES string of the molecule is Cc1cc(Br)ccc1SCC(=O)NC(CCO)C(=O)O. The highest BCUT2D eigenvalue weighted by Crippen LogP contribution is 2.25. The number of carbonyl (C=O) groups is 2. The van der Waals surface area contributed by atoms with Crippen LogP contribution in [0.1, 0.15) is 12.0 Å². The van der Waals surface area contributed by atoms with Crippen LogP contribution in [0, 0.1) is 6.92 Å². The molecule has 7 heteroatoms. The number of aryl methyl sites for hydroxylation is 1. The number of amides is 1. The number of carboxylic acids is 1. The van der Waals surface area contributed by atoms with E-state index >= 15 is 0 Å². The van der Waals surface area contributed by atoms with Crippen LogP contribution in [0.4, 0.5) is 0 Å². The topological polar surface area (TPSA) is 86.6 Å². The van der Waals surface area contributed by atoms with Gasteiger partial charge >= 0.3 is 5.97 Å². The molecule has 0 saturated carbocycles. The summed E-state index contributed by atoms with van der Waals surface area (Å²) < 4.78 is 0.970. The van der Waals surface area contributed by atoms with Gasteiger partial charge in [0.1, 0.15) is 6.04 Å². The number of benzene rings is 1. The molecule has 0 aliphatic carbocycles. The number of aliphatic hydroxyl groups excluding tert-OH is 1. The number of rotatable bonds is 7. The van der Waals surface area contributed by atoms with Gasteiger partial charge in [-0.1, -0.05) is 15.9 Å². The van der Waals surface area contributed by atoms with Crippen molar-refractivity contribution in [1.82, 2.24) is 5.32 Å².